The Morgan fingerprint density at radius 2 is 2.05 bits per heavy atom. The summed E-state index contributed by atoms with van der Waals surface area (Å²) < 4.78 is 38.7. The molecule has 2 rings (SSSR count). The highest BCUT2D eigenvalue weighted by molar-refractivity contribution is 9.10. The molecule has 3 nitrogen and oxygen atoms in total. The molecule has 1 fully saturated rings. The molecule has 21 heavy (non-hydrogen) atoms. The average Bonchev–Trinajstić information content (AvgIpc) is 2.36. The van der Waals surface area contributed by atoms with E-state index in [1.54, 1.807) is 4.90 Å². The maximum Gasteiger partial charge on any atom is 0.416 e. The molecule has 1 saturated heterocycles. The highest BCUT2D eigenvalue weighted by Crippen LogP contribution is 2.32. The van der Waals surface area contributed by atoms with Gasteiger partial charge in [-0.2, -0.15) is 13.2 Å². The lowest BCUT2D eigenvalue weighted by Gasteiger charge is -2.39. The normalized spacial score (nSPS) is 18.7. The van der Waals surface area contributed by atoms with Crippen molar-refractivity contribution in [2.45, 2.75) is 25.6 Å². The van der Waals surface area contributed by atoms with E-state index in [0.717, 1.165) is 12.1 Å². The third-order valence-corrected chi connectivity index (χ3v) is 4.07. The maximum atomic E-state index is 12.8. The molecule has 0 radical (unpaired) electrons. The summed E-state index contributed by atoms with van der Waals surface area (Å²) in [6, 6.07) is 3.13. The summed E-state index contributed by atoms with van der Waals surface area (Å²) in [6.07, 6.45) is -4.46. The van der Waals surface area contributed by atoms with Crippen LogP contribution < -0.4 is 5.32 Å². The topological polar surface area (TPSA) is 32.3 Å². The number of nitrogens with zero attached hydrogens (tertiary/aromatic N) is 1. The van der Waals surface area contributed by atoms with Crippen molar-refractivity contribution in [1.29, 1.82) is 0 Å². The zero-order valence-corrected chi connectivity index (χ0v) is 13.3. The molecular weight excluding hydrogens is 349 g/mol. The first-order valence-electron chi connectivity index (χ1n) is 6.51. The summed E-state index contributed by atoms with van der Waals surface area (Å²) in [7, 11) is 0. The van der Waals surface area contributed by atoms with Crippen LogP contribution in [0.3, 0.4) is 0 Å². The first kappa shape index (κ1) is 16.3. The lowest BCUT2D eigenvalue weighted by molar-refractivity contribution is -0.137. The fourth-order valence-electron chi connectivity index (χ4n) is 2.35. The summed E-state index contributed by atoms with van der Waals surface area (Å²) >= 11 is 3.16. The number of nitrogens with one attached hydrogen (secondary N) is 1. The molecule has 1 aromatic carbocycles. The summed E-state index contributed by atoms with van der Waals surface area (Å²) in [6.45, 7) is 5.45. The summed E-state index contributed by atoms with van der Waals surface area (Å²) in [5, 5.41) is 3.26. The second-order valence-electron chi connectivity index (χ2n) is 5.73. The minimum Gasteiger partial charge on any atom is -0.336 e. The molecular formula is C14H16BrF3N2O. The molecule has 0 unspecified atom stereocenters. The van der Waals surface area contributed by atoms with Gasteiger partial charge in [-0.25, -0.2) is 0 Å². The average molecular weight is 365 g/mol. The van der Waals surface area contributed by atoms with Crippen molar-refractivity contribution in [2.24, 2.45) is 0 Å². The van der Waals surface area contributed by atoms with Crippen LogP contribution in [0.15, 0.2) is 22.7 Å². The maximum absolute atomic E-state index is 12.8. The van der Waals surface area contributed by atoms with Crippen LogP contribution in [0.2, 0.25) is 0 Å². The molecule has 0 bridgehead atoms. The Balaban J connectivity index is 2.30. The number of carbonyl (C=O) groups is 1. The number of amides is 1. The molecule has 1 aliphatic rings. The van der Waals surface area contributed by atoms with Gasteiger partial charge in [-0.05, 0) is 48.0 Å². The van der Waals surface area contributed by atoms with Gasteiger partial charge in [-0.1, -0.05) is 0 Å². The second kappa shape index (κ2) is 5.61. The molecule has 1 aliphatic heterocycles. The van der Waals surface area contributed by atoms with Crippen LogP contribution in [0, 0.1) is 0 Å². The monoisotopic (exact) mass is 364 g/mol. The van der Waals surface area contributed by atoms with Gasteiger partial charge >= 0.3 is 6.18 Å². The zero-order valence-electron chi connectivity index (χ0n) is 11.7. The van der Waals surface area contributed by atoms with Gasteiger partial charge in [0, 0.05) is 29.6 Å². The van der Waals surface area contributed by atoms with Crippen molar-refractivity contribution in [3.8, 4) is 0 Å². The Morgan fingerprint density at radius 3 is 2.62 bits per heavy atom. The largest absolute Gasteiger partial charge is 0.416 e. The lowest BCUT2D eigenvalue weighted by atomic mass is 10.0. The first-order chi connectivity index (χ1) is 9.60. The molecule has 0 aromatic heterocycles. The highest BCUT2D eigenvalue weighted by Gasteiger charge is 2.34. The Morgan fingerprint density at radius 1 is 1.38 bits per heavy atom. The van der Waals surface area contributed by atoms with Crippen molar-refractivity contribution in [1.82, 2.24) is 10.2 Å². The molecule has 0 atom stereocenters. The standard InChI is InChI=1S/C14H16BrF3N2O/c1-13(2)8-20(6-5-19-13)12(21)10-7-9(14(16,17)18)3-4-11(10)15/h3-4,7,19H,5-6,8H2,1-2H3. The number of hydrogen-bond donors (Lipinski definition) is 1. The molecule has 1 aromatic rings. The summed E-state index contributed by atoms with van der Waals surface area (Å²) in [5.41, 5.74) is -1.02. The number of benzene rings is 1. The third-order valence-electron chi connectivity index (χ3n) is 3.38. The Bertz CT molecular complexity index is 558. The number of piperazine rings is 1. The smallest absolute Gasteiger partial charge is 0.336 e. The van der Waals surface area contributed by atoms with Crippen LogP contribution in [0.1, 0.15) is 29.8 Å². The van der Waals surface area contributed by atoms with E-state index in [1.165, 1.54) is 6.07 Å². The van der Waals surface area contributed by atoms with Gasteiger partial charge < -0.3 is 10.2 Å². The summed E-state index contributed by atoms with van der Waals surface area (Å²) in [4.78, 5) is 14.1. The van der Waals surface area contributed by atoms with Gasteiger partial charge in [0.2, 0.25) is 0 Å². The molecule has 0 spiro atoms. The first-order valence-corrected chi connectivity index (χ1v) is 7.30. The van der Waals surface area contributed by atoms with E-state index >= 15 is 0 Å². The van der Waals surface area contributed by atoms with Gasteiger partial charge in [0.05, 0.1) is 11.1 Å². The molecule has 1 amide bonds. The van der Waals surface area contributed by atoms with Crippen LogP contribution in [0.25, 0.3) is 0 Å². The van der Waals surface area contributed by atoms with E-state index in [0.29, 0.717) is 24.1 Å². The predicted molar refractivity (Wildman–Crippen MR) is 77.1 cm³/mol. The van der Waals surface area contributed by atoms with Crippen molar-refractivity contribution < 1.29 is 18.0 Å². The van der Waals surface area contributed by atoms with E-state index in [2.05, 4.69) is 21.2 Å². The van der Waals surface area contributed by atoms with Crippen LogP contribution in [-0.2, 0) is 6.18 Å². The van der Waals surface area contributed by atoms with Gasteiger partial charge in [0.25, 0.3) is 5.91 Å². The van der Waals surface area contributed by atoms with Crippen molar-refractivity contribution in [2.75, 3.05) is 19.6 Å². The minimum atomic E-state index is -4.46. The van der Waals surface area contributed by atoms with Gasteiger partial charge in [0.1, 0.15) is 0 Å². The number of hydrogen-bond acceptors (Lipinski definition) is 2. The van der Waals surface area contributed by atoms with E-state index in [4.69, 9.17) is 0 Å². The number of alkyl halides is 3. The molecule has 0 aliphatic carbocycles. The van der Waals surface area contributed by atoms with Crippen LogP contribution in [0.4, 0.5) is 13.2 Å². The summed E-state index contributed by atoms with van der Waals surface area (Å²) in [5.74, 6) is -0.387. The van der Waals surface area contributed by atoms with Gasteiger partial charge in [0.15, 0.2) is 0 Å². The molecule has 1 heterocycles. The second-order valence-corrected chi connectivity index (χ2v) is 6.58. The molecule has 7 heteroatoms. The fraction of sp³-hybridized carbons (Fsp3) is 0.500. The van der Waals surface area contributed by atoms with Gasteiger partial charge in [-0.3, -0.25) is 4.79 Å². The van der Waals surface area contributed by atoms with E-state index < -0.39 is 11.7 Å². The quantitative estimate of drug-likeness (QED) is 0.829. The Labute approximate surface area is 129 Å². The Hall–Kier alpha value is -1.08. The van der Waals surface area contributed by atoms with Crippen LogP contribution in [0.5, 0.6) is 0 Å². The van der Waals surface area contributed by atoms with Crippen molar-refractivity contribution in [3.05, 3.63) is 33.8 Å². The minimum absolute atomic E-state index is 0.0440. The van der Waals surface area contributed by atoms with E-state index in [1.807, 2.05) is 13.8 Å². The molecule has 0 saturated carbocycles. The van der Waals surface area contributed by atoms with Crippen molar-refractivity contribution >= 4 is 21.8 Å². The third kappa shape index (κ3) is 3.77. The fourth-order valence-corrected chi connectivity index (χ4v) is 2.77. The molecule has 116 valence electrons. The Kier molecular flexibility index (Phi) is 4.35. The van der Waals surface area contributed by atoms with Crippen LogP contribution >= 0.6 is 15.9 Å². The highest BCUT2D eigenvalue weighted by atomic mass is 79.9. The number of halogens is 4. The number of rotatable bonds is 1. The SMILES string of the molecule is CC1(C)CN(C(=O)c2cc(C(F)(F)F)ccc2Br)CCN1. The van der Waals surface area contributed by atoms with E-state index in [9.17, 15) is 18.0 Å². The number of carbonyl (C=O) groups excluding carboxylic acids is 1. The molecule has 1 N–H and O–H groups in total. The van der Waals surface area contributed by atoms with Crippen molar-refractivity contribution in [3.63, 3.8) is 0 Å². The van der Waals surface area contributed by atoms with Crippen LogP contribution in [-0.4, -0.2) is 36.0 Å². The predicted octanol–water partition coefficient (Wildman–Crippen LogP) is 3.29. The van der Waals surface area contributed by atoms with E-state index in [-0.39, 0.29) is 17.0 Å². The van der Waals surface area contributed by atoms with Gasteiger partial charge in [-0.15, -0.1) is 0 Å². The lowest BCUT2D eigenvalue weighted by Crippen LogP contribution is -2.58. The zero-order chi connectivity index (χ0) is 15.8.